The maximum atomic E-state index is 12.6. The molecular weight excluding hydrogens is 506 g/mol. The molecule has 1 amide bonds. The molecule has 2 aromatic carbocycles. The van der Waals surface area contributed by atoms with Gasteiger partial charge < -0.3 is 20.4 Å². The lowest BCUT2D eigenvalue weighted by atomic mass is 10.2. The molecule has 0 aliphatic heterocycles. The van der Waals surface area contributed by atoms with Crippen molar-refractivity contribution in [3.05, 3.63) is 77.4 Å². The number of nitrogen functional groups attached to an aromatic ring is 1. The normalized spacial score (nSPS) is 11.5. The molecule has 0 spiro atoms. The number of amides is 1. The van der Waals surface area contributed by atoms with E-state index in [0.29, 0.717) is 35.8 Å². The van der Waals surface area contributed by atoms with Crippen LogP contribution in [0.2, 0.25) is 0 Å². The van der Waals surface area contributed by atoms with Crippen molar-refractivity contribution >= 4 is 33.1 Å². The van der Waals surface area contributed by atoms with E-state index in [1.807, 2.05) is 35.8 Å². The number of carbonyl (C=O) groups excluding carboxylic acids is 1. The third-order valence-corrected chi connectivity index (χ3v) is 7.30. The number of carbonyl (C=O) groups is 1. The molecule has 4 aromatic rings. The van der Waals surface area contributed by atoms with Crippen LogP contribution < -0.4 is 15.8 Å². The molecule has 38 heavy (non-hydrogen) atoms. The van der Waals surface area contributed by atoms with Crippen LogP contribution >= 0.6 is 0 Å². The Labute approximate surface area is 221 Å². The number of aromatic nitrogens is 4. The molecule has 0 saturated carbocycles. The van der Waals surface area contributed by atoms with Crippen LogP contribution in [-0.4, -0.2) is 40.6 Å². The maximum absolute atomic E-state index is 12.6. The first-order valence-corrected chi connectivity index (χ1v) is 13.7. The summed E-state index contributed by atoms with van der Waals surface area (Å²) in [7, 11) is -3.65. The summed E-state index contributed by atoms with van der Waals surface area (Å²) in [5, 5.41) is 2.68. The number of fused-ring (bicyclic) bond motifs is 1. The van der Waals surface area contributed by atoms with Crippen LogP contribution in [0.3, 0.4) is 0 Å². The fourth-order valence-corrected chi connectivity index (χ4v) is 4.79. The summed E-state index contributed by atoms with van der Waals surface area (Å²) < 4.78 is 34.9. The first kappa shape index (κ1) is 27.0. The average molecular weight is 538 g/mol. The lowest BCUT2D eigenvalue weighted by Crippen LogP contribution is -2.25. The summed E-state index contributed by atoms with van der Waals surface area (Å²) in [6.45, 7) is 5.10. The molecule has 4 rings (SSSR count). The molecule has 0 saturated heterocycles. The van der Waals surface area contributed by atoms with E-state index in [-0.39, 0.29) is 24.6 Å². The number of nitrogens with zero attached hydrogens (tertiary/aromatic N) is 4. The lowest BCUT2D eigenvalue weighted by molar-refractivity contribution is 0.143. The van der Waals surface area contributed by atoms with Gasteiger partial charge in [-0.3, -0.25) is 0 Å². The molecule has 4 N–H and O–H groups in total. The first-order valence-electron chi connectivity index (χ1n) is 12.2. The summed E-state index contributed by atoms with van der Waals surface area (Å²) >= 11 is 0. The maximum Gasteiger partial charge on any atom is 0.407 e. The van der Waals surface area contributed by atoms with Crippen LogP contribution in [0, 0.1) is 13.8 Å². The van der Waals surface area contributed by atoms with Gasteiger partial charge in [-0.25, -0.2) is 32.9 Å². The van der Waals surface area contributed by atoms with Crippen LogP contribution in [0.15, 0.2) is 59.8 Å². The van der Waals surface area contributed by atoms with Gasteiger partial charge in [-0.15, -0.1) is 0 Å². The number of ether oxygens (including phenoxy) is 1. The SMILES string of the molecule is Cc1ccc(CNS(=O)(=O)c2ccc(CNC(=O)OCCCCn3cnc4c(N)nc(C)nc43)cc2)cc1. The minimum atomic E-state index is -3.65. The molecule has 2 heterocycles. The summed E-state index contributed by atoms with van der Waals surface area (Å²) in [5.74, 6) is 0.945. The third-order valence-electron chi connectivity index (χ3n) is 5.89. The fraction of sp³-hybridized carbons (Fsp3) is 0.308. The smallest absolute Gasteiger partial charge is 0.407 e. The molecule has 11 nitrogen and oxygen atoms in total. The Hall–Kier alpha value is -4.03. The van der Waals surface area contributed by atoms with Gasteiger partial charge in [0.2, 0.25) is 10.0 Å². The highest BCUT2D eigenvalue weighted by atomic mass is 32.2. The molecule has 0 unspecified atom stereocenters. The quantitative estimate of drug-likeness (QED) is 0.246. The number of hydrogen-bond donors (Lipinski definition) is 3. The van der Waals surface area contributed by atoms with Crippen molar-refractivity contribution in [2.45, 2.75) is 51.2 Å². The monoisotopic (exact) mass is 537 g/mol. The molecule has 2 aromatic heterocycles. The van der Waals surface area contributed by atoms with Crippen molar-refractivity contribution in [1.29, 1.82) is 0 Å². The number of nitrogens with one attached hydrogen (secondary N) is 2. The second kappa shape index (κ2) is 12.0. The van der Waals surface area contributed by atoms with Gasteiger partial charge in [0.15, 0.2) is 11.5 Å². The van der Waals surface area contributed by atoms with Gasteiger partial charge in [0, 0.05) is 19.6 Å². The lowest BCUT2D eigenvalue weighted by Gasteiger charge is -2.10. The Morgan fingerprint density at radius 1 is 0.974 bits per heavy atom. The van der Waals surface area contributed by atoms with E-state index in [0.717, 1.165) is 23.1 Å². The largest absolute Gasteiger partial charge is 0.450 e. The number of imidazole rings is 1. The van der Waals surface area contributed by atoms with Gasteiger partial charge in [0.25, 0.3) is 0 Å². The van der Waals surface area contributed by atoms with E-state index in [2.05, 4.69) is 25.0 Å². The predicted octanol–water partition coefficient (Wildman–Crippen LogP) is 3.21. The molecule has 0 atom stereocenters. The van der Waals surface area contributed by atoms with Crippen LogP contribution in [0.25, 0.3) is 11.2 Å². The zero-order chi connectivity index (χ0) is 27.1. The molecule has 0 bridgehead atoms. The van der Waals surface area contributed by atoms with Crippen LogP contribution in [0.4, 0.5) is 10.6 Å². The minimum absolute atomic E-state index is 0.158. The van der Waals surface area contributed by atoms with Gasteiger partial charge in [0.1, 0.15) is 11.3 Å². The van der Waals surface area contributed by atoms with Crippen molar-refractivity contribution < 1.29 is 17.9 Å². The molecular formula is C26H31N7O4S. The molecule has 200 valence electrons. The highest BCUT2D eigenvalue weighted by molar-refractivity contribution is 7.89. The van der Waals surface area contributed by atoms with Gasteiger partial charge in [-0.1, -0.05) is 42.0 Å². The van der Waals surface area contributed by atoms with E-state index in [1.165, 1.54) is 12.1 Å². The van der Waals surface area contributed by atoms with E-state index < -0.39 is 16.1 Å². The Kier molecular flexibility index (Phi) is 8.54. The van der Waals surface area contributed by atoms with Crippen molar-refractivity contribution in [2.24, 2.45) is 0 Å². The van der Waals surface area contributed by atoms with Crippen molar-refractivity contribution in [1.82, 2.24) is 29.6 Å². The summed E-state index contributed by atoms with van der Waals surface area (Å²) in [5.41, 5.74) is 9.90. The molecule has 12 heteroatoms. The van der Waals surface area contributed by atoms with Crippen molar-refractivity contribution in [3.8, 4) is 0 Å². The summed E-state index contributed by atoms with van der Waals surface area (Å²) in [4.78, 5) is 25.0. The standard InChI is InChI=1S/C26H31N7O4S/c1-18-5-7-21(8-6-18)16-30-38(35,36)22-11-9-20(10-12-22)15-28-26(34)37-14-4-3-13-33-17-29-23-24(27)31-19(2)32-25(23)33/h5-12,17,30H,3-4,13-16H2,1-2H3,(H,28,34)(H2,27,31,32). The Morgan fingerprint density at radius 3 is 2.39 bits per heavy atom. The van der Waals surface area contributed by atoms with Crippen LogP contribution in [0.1, 0.15) is 35.4 Å². The Bertz CT molecular complexity index is 1500. The van der Waals surface area contributed by atoms with E-state index >= 15 is 0 Å². The number of nitrogens with two attached hydrogens (primary N) is 1. The number of anilines is 1. The number of hydrogen-bond acceptors (Lipinski definition) is 8. The van der Waals surface area contributed by atoms with Gasteiger partial charge in [0.05, 0.1) is 17.8 Å². The average Bonchev–Trinajstić information content (AvgIpc) is 3.30. The van der Waals surface area contributed by atoms with E-state index in [9.17, 15) is 13.2 Å². The highest BCUT2D eigenvalue weighted by Gasteiger charge is 2.14. The summed E-state index contributed by atoms with van der Waals surface area (Å²) in [6.07, 6.45) is 2.56. The van der Waals surface area contributed by atoms with Gasteiger partial charge in [-0.2, -0.15) is 0 Å². The number of rotatable bonds is 11. The fourth-order valence-electron chi connectivity index (χ4n) is 3.77. The Morgan fingerprint density at radius 2 is 1.66 bits per heavy atom. The third kappa shape index (κ3) is 7.05. The second-order valence-corrected chi connectivity index (χ2v) is 10.7. The van der Waals surface area contributed by atoms with Gasteiger partial charge in [-0.05, 0) is 49.9 Å². The molecule has 0 fully saturated rings. The van der Waals surface area contributed by atoms with E-state index in [4.69, 9.17) is 10.5 Å². The minimum Gasteiger partial charge on any atom is -0.450 e. The molecule has 0 aliphatic rings. The van der Waals surface area contributed by atoms with Crippen molar-refractivity contribution in [3.63, 3.8) is 0 Å². The Balaban J connectivity index is 1.16. The summed E-state index contributed by atoms with van der Waals surface area (Å²) in [6, 6.07) is 14.0. The zero-order valence-electron chi connectivity index (χ0n) is 21.3. The second-order valence-electron chi connectivity index (χ2n) is 8.92. The molecule has 0 radical (unpaired) electrons. The van der Waals surface area contributed by atoms with E-state index in [1.54, 1.807) is 25.4 Å². The van der Waals surface area contributed by atoms with Gasteiger partial charge >= 0.3 is 6.09 Å². The number of benzene rings is 2. The number of aryl methyl sites for hydroxylation is 3. The highest BCUT2D eigenvalue weighted by Crippen LogP contribution is 2.16. The predicted molar refractivity (Wildman–Crippen MR) is 144 cm³/mol. The number of alkyl carbamates (subject to hydrolysis) is 1. The van der Waals surface area contributed by atoms with Crippen LogP contribution in [0.5, 0.6) is 0 Å². The zero-order valence-corrected chi connectivity index (χ0v) is 22.2. The first-order chi connectivity index (χ1) is 18.2. The van der Waals surface area contributed by atoms with Crippen molar-refractivity contribution in [2.75, 3.05) is 12.3 Å². The number of sulfonamides is 1. The topological polar surface area (TPSA) is 154 Å². The molecule has 0 aliphatic carbocycles. The number of unbranched alkanes of at least 4 members (excludes halogenated alkanes) is 1. The van der Waals surface area contributed by atoms with Crippen LogP contribution in [-0.2, 0) is 34.4 Å².